The van der Waals surface area contributed by atoms with Crippen molar-refractivity contribution in [2.45, 2.75) is 6.42 Å². The van der Waals surface area contributed by atoms with E-state index in [-0.39, 0.29) is 5.12 Å². The summed E-state index contributed by atoms with van der Waals surface area (Å²) in [7, 11) is 0. The second-order valence-electron chi connectivity index (χ2n) is 4.03. The Bertz CT molecular complexity index is 552. The Kier molecular flexibility index (Phi) is 4.05. The molecule has 0 bridgehead atoms. The highest BCUT2D eigenvalue weighted by atomic mass is 32.2. The Balaban J connectivity index is 2.40. The SMILES string of the molecule is CSC(=O)c1cccc(N)c1Cc1ccccc1. The quantitative estimate of drug-likeness (QED) is 0.857. The monoisotopic (exact) mass is 257 g/mol. The van der Waals surface area contributed by atoms with Crippen LogP contribution in [0.5, 0.6) is 0 Å². The zero-order valence-electron chi connectivity index (χ0n) is 10.2. The van der Waals surface area contributed by atoms with Crippen molar-refractivity contribution < 1.29 is 4.79 Å². The van der Waals surface area contributed by atoms with E-state index in [9.17, 15) is 4.79 Å². The molecule has 0 aliphatic carbocycles. The third-order valence-electron chi connectivity index (χ3n) is 2.84. The number of thioether (sulfide) groups is 1. The number of carbonyl (C=O) groups excluding carboxylic acids is 1. The zero-order valence-corrected chi connectivity index (χ0v) is 11.0. The van der Waals surface area contributed by atoms with E-state index < -0.39 is 0 Å². The van der Waals surface area contributed by atoms with Crippen molar-refractivity contribution in [3.8, 4) is 0 Å². The van der Waals surface area contributed by atoms with Gasteiger partial charge in [-0.25, -0.2) is 0 Å². The summed E-state index contributed by atoms with van der Waals surface area (Å²) < 4.78 is 0. The molecular formula is C15H15NOS. The molecule has 0 aromatic heterocycles. The number of carbonyl (C=O) groups is 1. The van der Waals surface area contributed by atoms with Crippen molar-refractivity contribution in [1.29, 1.82) is 0 Å². The van der Waals surface area contributed by atoms with Gasteiger partial charge in [0.05, 0.1) is 0 Å². The van der Waals surface area contributed by atoms with E-state index in [1.54, 1.807) is 6.26 Å². The second-order valence-corrected chi connectivity index (χ2v) is 4.81. The molecule has 3 heteroatoms. The molecule has 92 valence electrons. The van der Waals surface area contributed by atoms with E-state index in [0.29, 0.717) is 17.7 Å². The predicted molar refractivity (Wildman–Crippen MR) is 77.9 cm³/mol. The topological polar surface area (TPSA) is 43.1 Å². The van der Waals surface area contributed by atoms with Crippen molar-refractivity contribution in [3.63, 3.8) is 0 Å². The van der Waals surface area contributed by atoms with Gasteiger partial charge in [0.25, 0.3) is 0 Å². The zero-order chi connectivity index (χ0) is 13.0. The molecule has 2 nitrogen and oxygen atoms in total. The summed E-state index contributed by atoms with van der Waals surface area (Å²) in [6.45, 7) is 0. The summed E-state index contributed by atoms with van der Waals surface area (Å²) in [5.74, 6) is 0. The van der Waals surface area contributed by atoms with Crippen LogP contribution in [0, 0.1) is 0 Å². The molecule has 2 aromatic rings. The highest BCUT2D eigenvalue weighted by Crippen LogP contribution is 2.23. The van der Waals surface area contributed by atoms with Crippen LogP contribution in [0.15, 0.2) is 48.5 Å². The van der Waals surface area contributed by atoms with E-state index >= 15 is 0 Å². The van der Waals surface area contributed by atoms with Gasteiger partial charge in [0.1, 0.15) is 0 Å². The van der Waals surface area contributed by atoms with Crippen LogP contribution in [0.2, 0.25) is 0 Å². The fraction of sp³-hybridized carbons (Fsp3) is 0.133. The minimum atomic E-state index is 0.0632. The summed E-state index contributed by atoms with van der Waals surface area (Å²) >= 11 is 1.22. The number of benzene rings is 2. The van der Waals surface area contributed by atoms with Crippen molar-refractivity contribution in [2.75, 3.05) is 12.0 Å². The lowest BCUT2D eigenvalue weighted by atomic mass is 9.98. The van der Waals surface area contributed by atoms with Gasteiger partial charge in [0.15, 0.2) is 0 Å². The molecule has 0 aliphatic heterocycles. The normalized spacial score (nSPS) is 10.3. The van der Waals surface area contributed by atoms with E-state index in [0.717, 1.165) is 11.1 Å². The van der Waals surface area contributed by atoms with Crippen LogP contribution in [0.1, 0.15) is 21.5 Å². The van der Waals surface area contributed by atoms with Gasteiger partial charge in [0, 0.05) is 17.7 Å². The Morgan fingerprint density at radius 2 is 1.83 bits per heavy atom. The minimum absolute atomic E-state index is 0.0632. The van der Waals surface area contributed by atoms with Crippen LogP contribution in [0.3, 0.4) is 0 Å². The first-order chi connectivity index (χ1) is 8.72. The van der Waals surface area contributed by atoms with Gasteiger partial charge in [-0.05, 0) is 23.4 Å². The van der Waals surface area contributed by atoms with E-state index in [2.05, 4.69) is 0 Å². The van der Waals surface area contributed by atoms with Crippen LogP contribution < -0.4 is 5.73 Å². The van der Waals surface area contributed by atoms with E-state index in [1.807, 2.05) is 48.5 Å². The molecule has 0 atom stereocenters. The third-order valence-corrected chi connectivity index (χ3v) is 3.43. The molecule has 0 amide bonds. The third kappa shape index (κ3) is 2.74. The lowest BCUT2D eigenvalue weighted by Gasteiger charge is -2.10. The molecule has 2 aromatic carbocycles. The van der Waals surface area contributed by atoms with E-state index in [1.165, 1.54) is 11.8 Å². The fourth-order valence-electron chi connectivity index (χ4n) is 1.90. The molecule has 18 heavy (non-hydrogen) atoms. The molecular weight excluding hydrogens is 242 g/mol. The smallest absolute Gasteiger partial charge is 0.219 e. The van der Waals surface area contributed by atoms with Crippen molar-refractivity contribution in [3.05, 3.63) is 65.2 Å². The van der Waals surface area contributed by atoms with Crippen LogP contribution >= 0.6 is 11.8 Å². The number of rotatable bonds is 3. The van der Waals surface area contributed by atoms with Gasteiger partial charge in [-0.1, -0.05) is 54.2 Å². The molecule has 0 aliphatic rings. The van der Waals surface area contributed by atoms with Crippen molar-refractivity contribution in [1.82, 2.24) is 0 Å². The number of anilines is 1. The maximum absolute atomic E-state index is 11.9. The first kappa shape index (κ1) is 12.7. The van der Waals surface area contributed by atoms with Crippen LogP contribution in [-0.2, 0) is 6.42 Å². The van der Waals surface area contributed by atoms with Crippen LogP contribution in [-0.4, -0.2) is 11.4 Å². The molecule has 0 saturated carbocycles. The lowest BCUT2D eigenvalue weighted by molar-refractivity contribution is 0.108. The average molecular weight is 257 g/mol. The summed E-state index contributed by atoms with van der Waals surface area (Å²) in [4.78, 5) is 11.9. The van der Waals surface area contributed by atoms with Gasteiger partial charge in [-0.2, -0.15) is 0 Å². The first-order valence-corrected chi connectivity index (χ1v) is 6.94. The van der Waals surface area contributed by atoms with Crippen LogP contribution in [0.4, 0.5) is 5.69 Å². The number of hydrogen-bond acceptors (Lipinski definition) is 3. The lowest BCUT2D eigenvalue weighted by Crippen LogP contribution is -2.04. The largest absolute Gasteiger partial charge is 0.398 e. The molecule has 2 rings (SSSR count). The standard InChI is InChI=1S/C15H15NOS/c1-18-15(17)12-8-5-9-14(16)13(12)10-11-6-3-2-4-7-11/h2-9H,10,16H2,1H3. The Hall–Kier alpha value is -1.74. The highest BCUT2D eigenvalue weighted by molar-refractivity contribution is 8.13. The van der Waals surface area contributed by atoms with Gasteiger partial charge in [-0.3, -0.25) is 4.79 Å². The van der Waals surface area contributed by atoms with Crippen LogP contribution in [0.25, 0.3) is 0 Å². The van der Waals surface area contributed by atoms with Gasteiger partial charge in [-0.15, -0.1) is 0 Å². The van der Waals surface area contributed by atoms with Gasteiger partial charge in [0.2, 0.25) is 5.12 Å². The molecule has 0 spiro atoms. The van der Waals surface area contributed by atoms with Gasteiger partial charge >= 0.3 is 0 Å². The molecule has 0 fully saturated rings. The summed E-state index contributed by atoms with van der Waals surface area (Å²) in [6, 6.07) is 15.6. The number of hydrogen-bond donors (Lipinski definition) is 1. The fourth-order valence-corrected chi connectivity index (χ4v) is 2.31. The highest BCUT2D eigenvalue weighted by Gasteiger charge is 2.13. The molecule has 2 N–H and O–H groups in total. The number of nitrogen functional groups attached to an aromatic ring is 1. The summed E-state index contributed by atoms with van der Waals surface area (Å²) in [5.41, 5.74) is 9.47. The average Bonchev–Trinajstić information content (AvgIpc) is 2.41. The molecule has 0 unspecified atom stereocenters. The maximum atomic E-state index is 11.9. The van der Waals surface area contributed by atoms with Crippen molar-refractivity contribution in [2.24, 2.45) is 0 Å². The van der Waals surface area contributed by atoms with E-state index in [4.69, 9.17) is 5.73 Å². The van der Waals surface area contributed by atoms with Gasteiger partial charge < -0.3 is 5.73 Å². The summed E-state index contributed by atoms with van der Waals surface area (Å²) in [6.07, 6.45) is 2.48. The molecule has 0 heterocycles. The summed E-state index contributed by atoms with van der Waals surface area (Å²) in [5, 5.41) is 0.0632. The Morgan fingerprint density at radius 3 is 2.50 bits per heavy atom. The number of nitrogens with two attached hydrogens (primary N) is 1. The molecule has 0 radical (unpaired) electrons. The molecule has 0 saturated heterocycles. The minimum Gasteiger partial charge on any atom is -0.398 e. The Labute approximate surface area is 111 Å². The Morgan fingerprint density at radius 1 is 1.11 bits per heavy atom. The van der Waals surface area contributed by atoms with Crippen molar-refractivity contribution >= 4 is 22.6 Å². The second kappa shape index (κ2) is 5.74. The predicted octanol–water partition coefficient (Wildman–Crippen LogP) is 3.36. The first-order valence-electron chi connectivity index (χ1n) is 5.72. The maximum Gasteiger partial charge on any atom is 0.219 e.